The van der Waals surface area contributed by atoms with Crippen LogP contribution in [-0.2, 0) is 6.54 Å². The molecule has 3 rings (SSSR count). The number of likely N-dealkylation sites (N-methyl/N-ethyl adjacent to an activating group) is 1. The van der Waals surface area contributed by atoms with Crippen molar-refractivity contribution in [1.29, 1.82) is 0 Å². The Balaban J connectivity index is 2.00. The molecule has 0 amide bonds. The van der Waals surface area contributed by atoms with Gasteiger partial charge in [0.25, 0.3) is 0 Å². The lowest BCUT2D eigenvalue weighted by Gasteiger charge is -2.10. The van der Waals surface area contributed by atoms with Crippen molar-refractivity contribution >= 4 is 10.9 Å². The zero-order chi connectivity index (χ0) is 14.8. The standard InChI is InChI=1S/C15H19N5O/c1-19(2)6-7-20-14-8-11(4-5-12(14)9-17-20)13-10-16-18-15(13)21-3/h4-5,8-10H,6-7H2,1-3H3,(H,16,18). The van der Waals surface area contributed by atoms with E-state index in [1.807, 2.05) is 10.9 Å². The molecule has 6 nitrogen and oxygen atoms in total. The molecule has 0 bridgehead atoms. The number of nitrogens with one attached hydrogen (secondary N) is 1. The lowest BCUT2D eigenvalue weighted by molar-refractivity contribution is 0.377. The molecule has 110 valence electrons. The molecule has 1 aromatic carbocycles. The van der Waals surface area contributed by atoms with Crippen LogP contribution in [0.1, 0.15) is 0 Å². The number of hydrogen-bond donors (Lipinski definition) is 1. The Labute approximate surface area is 123 Å². The quantitative estimate of drug-likeness (QED) is 0.779. The Morgan fingerprint density at radius 1 is 1.29 bits per heavy atom. The lowest BCUT2D eigenvalue weighted by Crippen LogP contribution is -2.18. The number of hydrogen-bond acceptors (Lipinski definition) is 4. The van der Waals surface area contributed by atoms with Gasteiger partial charge in [-0.1, -0.05) is 12.1 Å². The van der Waals surface area contributed by atoms with E-state index in [0.29, 0.717) is 5.88 Å². The van der Waals surface area contributed by atoms with Crippen LogP contribution in [0.3, 0.4) is 0 Å². The molecule has 2 aromatic heterocycles. The molecule has 0 aliphatic rings. The summed E-state index contributed by atoms with van der Waals surface area (Å²) in [5.74, 6) is 0.675. The molecule has 0 unspecified atom stereocenters. The number of fused-ring (bicyclic) bond motifs is 1. The van der Waals surface area contributed by atoms with Crippen LogP contribution in [0.25, 0.3) is 22.0 Å². The Bertz CT molecular complexity index is 743. The van der Waals surface area contributed by atoms with E-state index in [1.54, 1.807) is 13.3 Å². The first kappa shape index (κ1) is 13.6. The van der Waals surface area contributed by atoms with Gasteiger partial charge < -0.3 is 9.64 Å². The van der Waals surface area contributed by atoms with Gasteiger partial charge in [0.15, 0.2) is 0 Å². The first-order valence-corrected chi connectivity index (χ1v) is 6.87. The van der Waals surface area contributed by atoms with E-state index in [9.17, 15) is 0 Å². The van der Waals surface area contributed by atoms with E-state index in [1.165, 1.54) is 0 Å². The number of rotatable bonds is 5. The number of ether oxygens (including phenoxy) is 1. The SMILES string of the molecule is COc1[nH]ncc1-c1ccc2cnn(CCN(C)C)c2c1. The maximum absolute atomic E-state index is 5.30. The second-order valence-electron chi connectivity index (χ2n) is 5.26. The maximum Gasteiger partial charge on any atom is 0.216 e. The summed E-state index contributed by atoms with van der Waals surface area (Å²) in [5.41, 5.74) is 3.15. The molecule has 0 saturated carbocycles. The van der Waals surface area contributed by atoms with Crippen molar-refractivity contribution in [2.45, 2.75) is 6.54 Å². The summed E-state index contributed by atoms with van der Waals surface area (Å²) in [6.07, 6.45) is 3.68. The van der Waals surface area contributed by atoms with Gasteiger partial charge in [-0.05, 0) is 25.7 Å². The van der Waals surface area contributed by atoms with Crippen molar-refractivity contribution in [2.24, 2.45) is 0 Å². The number of H-pyrrole nitrogens is 1. The molecule has 0 radical (unpaired) electrons. The summed E-state index contributed by atoms with van der Waals surface area (Å²) >= 11 is 0. The second-order valence-corrected chi connectivity index (χ2v) is 5.26. The minimum absolute atomic E-state index is 0.675. The number of methoxy groups -OCH3 is 1. The highest BCUT2D eigenvalue weighted by molar-refractivity contribution is 5.85. The molecular formula is C15H19N5O. The molecule has 0 spiro atoms. The van der Waals surface area contributed by atoms with Crippen molar-refractivity contribution in [3.63, 3.8) is 0 Å². The van der Waals surface area contributed by atoms with Crippen molar-refractivity contribution < 1.29 is 4.74 Å². The molecule has 0 aliphatic heterocycles. The zero-order valence-electron chi connectivity index (χ0n) is 12.5. The van der Waals surface area contributed by atoms with Crippen molar-refractivity contribution in [3.05, 3.63) is 30.6 Å². The summed E-state index contributed by atoms with van der Waals surface area (Å²) in [5, 5.41) is 12.5. The van der Waals surface area contributed by atoms with Crippen LogP contribution < -0.4 is 4.74 Å². The molecule has 1 N–H and O–H groups in total. The number of aromatic amines is 1. The van der Waals surface area contributed by atoms with E-state index in [0.717, 1.165) is 35.1 Å². The number of nitrogens with zero attached hydrogens (tertiary/aromatic N) is 4. The van der Waals surface area contributed by atoms with E-state index in [-0.39, 0.29) is 0 Å². The fourth-order valence-corrected chi connectivity index (χ4v) is 2.35. The molecule has 21 heavy (non-hydrogen) atoms. The van der Waals surface area contributed by atoms with Crippen molar-refractivity contribution in [1.82, 2.24) is 24.9 Å². The van der Waals surface area contributed by atoms with E-state index in [2.05, 4.69) is 52.5 Å². The van der Waals surface area contributed by atoms with Gasteiger partial charge in [0.2, 0.25) is 5.88 Å². The van der Waals surface area contributed by atoms with Crippen LogP contribution in [0.15, 0.2) is 30.6 Å². The number of benzene rings is 1. The van der Waals surface area contributed by atoms with Crippen LogP contribution in [0.4, 0.5) is 0 Å². The first-order chi connectivity index (χ1) is 10.2. The van der Waals surface area contributed by atoms with Crippen molar-refractivity contribution in [2.75, 3.05) is 27.7 Å². The highest BCUT2D eigenvalue weighted by Gasteiger charge is 2.10. The topological polar surface area (TPSA) is 59.0 Å². The highest BCUT2D eigenvalue weighted by atomic mass is 16.5. The average molecular weight is 285 g/mol. The summed E-state index contributed by atoms with van der Waals surface area (Å²) in [6.45, 7) is 1.82. The minimum atomic E-state index is 0.675. The largest absolute Gasteiger partial charge is 0.481 e. The average Bonchev–Trinajstić information content (AvgIpc) is 3.10. The Hall–Kier alpha value is -2.34. The van der Waals surface area contributed by atoms with Crippen LogP contribution in [-0.4, -0.2) is 52.6 Å². The zero-order valence-corrected chi connectivity index (χ0v) is 12.5. The summed E-state index contributed by atoms with van der Waals surface area (Å²) < 4.78 is 7.33. The Kier molecular flexibility index (Phi) is 3.62. The predicted molar refractivity (Wildman–Crippen MR) is 82.4 cm³/mol. The fourth-order valence-electron chi connectivity index (χ4n) is 2.35. The Morgan fingerprint density at radius 2 is 2.14 bits per heavy atom. The molecule has 0 fully saturated rings. The van der Waals surface area contributed by atoms with E-state index in [4.69, 9.17) is 4.74 Å². The molecule has 6 heteroatoms. The predicted octanol–water partition coefficient (Wildman–Crippen LogP) is 2.00. The van der Waals surface area contributed by atoms with Crippen LogP contribution in [0.2, 0.25) is 0 Å². The van der Waals surface area contributed by atoms with Gasteiger partial charge in [0, 0.05) is 11.9 Å². The molecule has 0 atom stereocenters. The minimum Gasteiger partial charge on any atom is -0.481 e. The molecule has 2 heterocycles. The molecular weight excluding hydrogens is 266 g/mol. The highest BCUT2D eigenvalue weighted by Crippen LogP contribution is 2.29. The van der Waals surface area contributed by atoms with Gasteiger partial charge in [-0.15, -0.1) is 0 Å². The smallest absolute Gasteiger partial charge is 0.216 e. The van der Waals surface area contributed by atoms with Gasteiger partial charge in [-0.2, -0.15) is 10.2 Å². The molecule has 0 aliphatic carbocycles. The summed E-state index contributed by atoms with van der Waals surface area (Å²) in [4.78, 5) is 2.15. The third kappa shape index (κ3) is 2.62. The van der Waals surface area contributed by atoms with Crippen LogP contribution in [0.5, 0.6) is 5.88 Å². The van der Waals surface area contributed by atoms with Gasteiger partial charge in [-0.3, -0.25) is 4.68 Å². The monoisotopic (exact) mass is 285 g/mol. The first-order valence-electron chi connectivity index (χ1n) is 6.87. The van der Waals surface area contributed by atoms with E-state index >= 15 is 0 Å². The van der Waals surface area contributed by atoms with Gasteiger partial charge in [0.1, 0.15) is 0 Å². The number of aromatic nitrogens is 4. The Morgan fingerprint density at radius 3 is 2.90 bits per heavy atom. The van der Waals surface area contributed by atoms with Crippen molar-refractivity contribution in [3.8, 4) is 17.0 Å². The van der Waals surface area contributed by atoms with Crippen LogP contribution in [0, 0.1) is 0 Å². The fraction of sp³-hybridized carbons (Fsp3) is 0.333. The van der Waals surface area contributed by atoms with E-state index < -0.39 is 0 Å². The third-order valence-corrected chi connectivity index (χ3v) is 3.52. The summed E-state index contributed by atoms with van der Waals surface area (Å²) in [7, 11) is 5.76. The third-order valence-electron chi connectivity index (χ3n) is 3.52. The molecule has 3 aromatic rings. The summed E-state index contributed by atoms with van der Waals surface area (Å²) in [6, 6.07) is 6.27. The van der Waals surface area contributed by atoms with Gasteiger partial charge >= 0.3 is 0 Å². The van der Waals surface area contributed by atoms with Gasteiger partial charge in [-0.25, -0.2) is 5.10 Å². The van der Waals surface area contributed by atoms with Crippen LogP contribution >= 0.6 is 0 Å². The second kappa shape index (κ2) is 5.57. The maximum atomic E-state index is 5.30. The molecule has 0 saturated heterocycles. The lowest BCUT2D eigenvalue weighted by atomic mass is 10.1. The van der Waals surface area contributed by atoms with Gasteiger partial charge in [0.05, 0.1) is 37.1 Å². The normalized spacial score (nSPS) is 11.4.